The predicted octanol–water partition coefficient (Wildman–Crippen LogP) is 0.317. The third kappa shape index (κ3) is 1.97. The molecule has 1 fully saturated rings. The normalized spacial score (nSPS) is 23.0. The first-order valence-corrected chi connectivity index (χ1v) is 4.61. The minimum absolute atomic E-state index is 0.326. The summed E-state index contributed by atoms with van der Waals surface area (Å²) in [6.07, 6.45) is 2.28. The van der Waals surface area contributed by atoms with Crippen LogP contribution in [0.15, 0.2) is 0 Å². The van der Waals surface area contributed by atoms with Crippen molar-refractivity contribution in [3.8, 4) is 0 Å². The van der Waals surface area contributed by atoms with Gasteiger partial charge in [-0.2, -0.15) is 0 Å². The van der Waals surface area contributed by atoms with Crippen LogP contribution in [0.4, 0.5) is 0 Å². The van der Waals surface area contributed by atoms with Crippen LogP contribution < -0.4 is 5.32 Å². The van der Waals surface area contributed by atoms with Crippen molar-refractivity contribution in [2.24, 2.45) is 0 Å². The molecule has 0 amide bonds. The van der Waals surface area contributed by atoms with E-state index in [1.54, 1.807) is 0 Å². The molecule has 0 aromatic heterocycles. The molecule has 12 heavy (non-hydrogen) atoms. The van der Waals surface area contributed by atoms with E-state index in [0.29, 0.717) is 5.54 Å². The van der Waals surface area contributed by atoms with Gasteiger partial charge < -0.3 is 15.0 Å². The molecule has 1 heterocycles. The van der Waals surface area contributed by atoms with Crippen molar-refractivity contribution in [3.63, 3.8) is 0 Å². The molecular formula is C9H20N2O. The van der Waals surface area contributed by atoms with Gasteiger partial charge in [-0.1, -0.05) is 0 Å². The van der Waals surface area contributed by atoms with E-state index >= 15 is 0 Å². The molecule has 1 aliphatic rings. The molecule has 1 rings (SSSR count). The smallest absolute Gasteiger partial charge is 0.0484 e. The first-order valence-electron chi connectivity index (χ1n) is 4.61. The number of likely N-dealkylation sites (N-methyl/N-ethyl adjacent to an activating group) is 2. The number of nitrogens with one attached hydrogen (secondary N) is 1. The Kier molecular flexibility index (Phi) is 3.50. The number of rotatable bonds is 3. The fraction of sp³-hybridized carbons (Fsp3) is 1.00. The van der Waals surface area contributed by atoms with Crippen LogP contribution >= 0.6 is 0 Å². The SMILES string of the molecule is CNCC1(N(C)C)CCOCC1. The van der Waals surface area contributed by atoms with Crippen molar-refractivity contribution < 1.29 is 4.74 Å². The first-order chi connectivity index (χ1) is 5.71. The summed E-state index contributed by atoms with van der Waals surface area (Å²) in [5, 5.41) is 3.26. The lowest BCUT2D eigenvalue weighted by Crippen LogP contribution is -2.54. The molecule has 3 nitrogen and oxygen atoms in total. The van der Waals surface area contributed by atoms with Crippen LogP contribution in [-0.2, 0) is 4.74 Å². The highest BCUT2D eigenvalue weighted by molar-refractivity contribution is 4.91. The Labute approximate surface area is 75.1 Å². The lowest BCUT2D eigenvalue weighted by Gasteiger charge is -2.42. The molecule has 0 atom stereocenters. The summed E-state index contributed by atoms with van der Waals surface area (Å²) in [5.41, 5.74) is 0.326. The van der Waals surface area contributed by atoms with E-state index in [4.69, 9.17) is 4.74 Å². The Morgan fingerprint density at radius 3 is 2.33 bits per heavy atom. The average Bonchev–Trinajstić information content (AvgIpc) is 2.06. The number of ether oxygens (including phenoxy) is 1. The molecule has 1 saturated heterocycles. The van der Waals surface area contributed by atoms with Gasteiger partial charge in [-0.3, -0.25) is 0 Å². The van der Waals surface area contributed by atoms with Crippen molar-refractivity contribution in [1.82, 2.24) is 10.2 Å². The van der Waals surface area contributed by atoms with Crippen LogP contribution in [-0.4, -0.2) is 51.3 Å². The van der Waals surface area contributed by atoms with E-state index in [1.807, 2.05) is 7.05 Å². The Balaban J connectivity index is 2.56. The van der Waals surface area contributed by atoms with Gasteiger partial charge in [0.2, 0.25) is 0 Å². The van der Waals surface area contributed by atoms with Crippen molar-refractivity contribution in [1.29, 1.82) is 0 Å². The van der Waals surface area contributed by atoms with Crippen LogP contribution in [0.2, 0.25) is 0 Å². The van der Waals surface area contributed by atoms with Gasteiger partial charge in [-0.25, -0.2) is 0 Å². The minimum Gasteiger partial charge on any atom is -0.381 e. The Morgan fingerprint density at radius 2 is 1.92 bits per heavy atom. The molecule has 0 unspecified atom stereocenters. The standard InChI is InChI=1S/C9H20N2O/c1-10-8-9(11(2)3)4-6-12-7-5-9/h10H,4-8H2,1-3H3. The molecule has 0 aromatic carbocycles. The summed E-state index contributed by atoms with van der Waals surface area (Å²) < 4.78 is 5.37. The Hall–Kier alpha value is -0.120. The Morgan fingerprint density at radius 1 is 1.33 bits per heavy atom. The maximum atomic E-state index is 5.37. The van der Waals surface area contributed by atoms with E-state index in [9.17, 15) is 0 Å². The quantitative estimate of drug-likeness (QED) is 0.663. The highest BCUT2D eigenvalue weighted by Gasteiger charge is 2.33. The zero-order valence-electron chi connectivity index (χ0n) is 8.39. The molecule has 3 heteroatoms. The predicted molar refractivity (Wildman–Crippen MR) is 50.4 cm³/mol. The lowest BCUT2D eigenvalue weighted by atomic mass is 9.89. The van der Waals surface area contributed by atoms with Gasteiger partial charge in [0.05, 0.1) is 0 Å². The van der Waals surface area contributed by atoms with Crippen LogP contribution in [0.3, 0.4) is 0 Å². The Bertz CT molecular complexity index is 125. The monoisotopic (exact) mass is 172 g/mol. The fourth-order valence-electron chi connectivity index (χ4n) is 1.86. The summed E-state index contributed by atoms with van der Waals surface area (Å²) in [5.74, 6) is 0. The molecule has 0 aromatic rings. The fourth-order valence-corrected chi connectivity index (χ4v) is 1.86. The second-order valence-electron chi connectivity index (χ2n) is 3.76. The minimum atomic E-state index is 0.326. The second-order valence-corrected chi connectivity index (χ2v) is 3.76. The van der Waals surface area contributed by atoms with Gasteiger partial charge in [0.1, 0.15) is 0 Å². The molecule has 1 N–H and O–H groups in total. The maximum Gasteiger partial charge on any atom is 0.0484 e. The van der Waals surface area contributed by atoms with Crippen molar-refractivity contribution in [2.75, 3.05) is 40.9 Å². The van der Waals surface area contributed by atoms with Gasteiger partial charge in [-0.15, -0.1) is 0 Å². The summed E-state index contributed by atoms with van der Waals surface area (Å²) in [7, 11) is 6.33. The van der Waals surface area contributed by atoms with Gasteiger partial charge in [0, 0.05) is 25.3 Å². The van der Waals surface area contributed by atoms with Crippen molar-refractivity contribution in [3.05, 3.63) is 0 Å². The van der Waals surface area contributed by atoms with Crippen molar-refractivity contribution >= 4 is 0 Å². The van der Waals surface area contributed by atoms with E-state index in [1.165, 1.54) is 0 Å². The van der Waals surface area contributed by atoms with Crippen LogP contribution in [0, 0.1) is 0 Å². The highest BCUT2D eigenvalue weighted by atomic mass is 16.5. The first kappa shape index (κ1) is 9.96. The second kappa shape index (κ2) is 4.21. The number of hydrogen-bond donors (Lipinski definition) is 1. The van der Waals surface area contributed by atoms with Gasteiger partial charge in [0.15, 0.2) is 0 Å². The van der Waals surface area contributed by atoms with Crippen molar-refractivity contribution in [2.45, 2.75) is 18.4 Å². The van der Waals surface area contributed by atoms with E-state index < -0.39 is 0 Å². The van der Waals surface area contributed by atoms with Crippen LogP contribution in [0.1, 0.15) is 12.8 Å². The summed E-state index contributed by atoms with van der Waals surface area (Å²) in [6, 6.07) is 0. The molecule has 0 saturated carbocycles. The van der Waals surface area contributed by atoms with Gasteiger partial charge in [0.25, 0.3) is 0 Å². The van der Waals surface area contributed by atoms with Crippen LogP contribution in [0.5, 0.6) is 0 Å². The highest BCUT2D eigenvalue weighted by Crippen LogP contribution is 2.24. The molecule has 0 radical (unpaired) electrons. The van der Waals surface area contributed by atoms with Gasteiger partial charge >= 0.3 is 0 Å². The molecule has 72 valence electrons. The molecule has 0 aliphatic carbocycles. The summed E-state index contributed by atoms with van der Waals surface area (Å²) in [6.45, 7) is 2.86. The zero-order chi connectivity index (χ0) is 9.03. The maximum absolute atomic E-state index is 5.37. The summed E-state index contributed by atoms with van der Waals surface area (Å²) in [4.78, 5) is 2.33. The summed E-state index contributed by atoms with van der Waals surface area (Å²) >= 11 is 0. The van der Waals surface area contributed by atoms with E-state index in [0.717, 1.165) is 32.6 Å². The average molecular weight is 172 g/mol. The molecule has 0 bridgehead atoms. The zero-order valence-corrected chi connectivity index (χ0v) is 8.39. The third-order valence-corrected chi connectivity index (χ3v) is 2.88. The van der Waals surface area contributed by atoms with Gasteiger partial charge in [-0.05, 0) is 34.0 Å². The number of nitrogens with zero attached hydrogens (tertiary/aromatic N) is 1. The largest absolute Gasteiger partial charge is 0.381 e. The molecule has 0 spiro atoms. The topological polar surface area (TPSA) is 24.5 Å². The lowest BCUT2D eigenvalue weighted by molar-refractivity contribution is -0.00612. The van der Waals surface area contributed by atoms with Crippen LogP contribution in [0.25, 0.3) is 0 Å². The third-order valence-electron chi connectivity index (χ3n) is 2.88. The molecular weight excluding hydrogens is 152 g/mol. The number of hydrogen-bond acceptors (Lipinski definition) is 3. The van der Waals surface area contributed by atoms with E-state index in [-0.39, 0.29) is 0 Å². The molecule has 1 aliphatic heterocycles. The van der Waals surface area contributed by atoms with E-state index in [2.05, 4.69) is 24.3 Å².